The van der Waals surface area contributed by atoms with Crippen molar-refractivity contribution in [2.24, 2.45) is 5.92 Å². The quantitative estimate of drug-likeness (QED) is 0.644. The number of likely N-dealkylation sites (tertiary alicyclic amines) is 1. The lowest BCUT2D eigenvalue weighted by Crippen LogP contribution is -2.36. The predicted molar refractivity (Wildman–Crippen MR) is 54.5 cm³/mol. The van der Waals surface area contributed by atoms with Crippen molar-refractivity contribution < 1.29 is 4.79 Å². The average Bonchev–Trinajstić information content (AvgIpc) is 2.09. The van der Waals surface area contributed by atoms with Crippen molar-refractivity contribution >= 4 is 5.91 Å². The summed E-state index contributed by atoms with van der Waals surface area (Å²) in [6.45, 7) is 6.31. The van der Waals surface area contributed by atoms with Gasteiger partial charge in [-0.05, 0) is 25.2 Å². The number of amides is 1. The maximum absolute atomic E-state index is 11.6. The minimum atomic E-state index is 0.369. The zero-order valence-electron chi connectivity index (χ0n) is 8.88. The summed E-state index contributed by atoms with van der Waals surface area (Å²) in [6, 6.07) is 0. The molecule has 1 amide bonds. The van der Waals surface area contributed by atoms with E-state index in [9.17, 15) is 4.79 Å². The van der Waals surface area contributed by atoms with Crippen molar-refractivity contribution in [2.45, 2.75) is 46.0 Å². The van der Waals surface area contributed by atoms with E-state index in [-0.39, 0.29) is 0 Å². The van der Waals surface area contributed by atoms with E-state index in [4.69, 9.17) is 0 Å². The second kappa shape index (κ2) is 5.25. The van der Waals surface area contributed by atoms with Crippen LogP contribution in [0.1, 0.15) is 46.0 Å². The summed E-state index contributed by atoms with van der Waals surface area (Å²) in [5.41, 5.74) is 0. The van der Waals surface area contributed by atoms with E-state index in [0.717, 1.165) is 32.4 Å². The van der Waals surface area contributed by atoms with Crippen LogP contribution in [-0.2, 0) is 4.79 Å². The van der Waals surface area contributed by atoms with Gasteiger partial charge in [-0.3, -0.25) is 4.79 Å². The van der Waals surface area contributed by atoms with E-state index in [1.807, 2.05) is 4.90 Å². The van der Waals surface area contributed by atoms with E-state index < -0.39 is 0 Å². The fraction of sp³-hybridized carbons (Fsp3) is 0.909. The molecule has 1 saturated heterocycles. The number of carbonyl (C=O) groups excluding carboxylic acids is 1. The van der Waals surface area contributed by atoms with Crippen LogP contribution in [-0.4, -0.2) is 23.9 Å². The molecule has 0 N–H and O–H groups in total. The van der Waals surface area contributed by atoms with E-state index in [1.165, 1.54) is 12.8 Å². The number of rotatable bonds is 2. The highest BCUT2D eigenvalue weighted by atomic mass is 16.2. The normalized spacial score (nSPS) is 25.5. The lowest BCUT2D eigenvalue weighted by atomic mass is 9.99. The Labute approximate surface area is 81.3 Å². The Morgan fingerprint density at radius 3 is 2.92 bits per heavy atom. The monoisotopic (exact) mass is 183 g/mol. The topological polar surface area (TPSA) is 20.3 Å². The van der Waals surface area contributed by atoms with Gasteiger partial charge in [-0.2, -0.15) is 0 Å². The lowest BCUT2D eigenvalue weighted by Gasteiger charge is -2.27. The third kappa shape index (κ3) is 3.37. The predicted octanol–water partition coefficient (Wildman–Crippen LogP) is 2.44. The fourth-order valence-corrected chi connectivity index (χ4v) is 1.98. The number of hydrogen-bond donors (Lipinski definition) is 0. The van der Waals surface area contributed by atoms with Gasteiger partial charge in [-0.1, -0.05) is 20.3 Å². The van der Waals surface area contributed by atoms with E-state index >= 15 is 0 Å². The molecule has 0 aromatic rings. The molecule has 0 bridgehead atoms. The van der Waals surface area contributed by atoms with Gasteiger partial charge < -0.3 is 4.90 Å². The van der Waals surface area contributed by atoms with Crippen molar-refractivity contribution in [1.82, 2.24) is 4.90 Å². The van der Waals surface area contributed by atoms with Crippen LogP contribution in [0.5, 0.6) is 0 Å². The lowest BCUT2D eigenvalue weighted by molar-refractivity contribution is -0.132. The Bertz CT molecular complexity index is 167. The summed E-state index contributed by atoms with van der Waals surface area (Å²) >= 11 is 0. The van der Waals surface area contributed by atoms with Gasteiger partial charge in [0.05, 0.1) is 0 Å². The van der Waals surface area contributed by atoms with Gasteiger partial charge in [0, 0.05) is 19.5 Å². The van der Waals surface area contributed by atoms with Crippen LogP contribution in [0.3, 0.4) is 0 Å². The van der Waals surface area contributed by atoms with Crippen molar-refractivity contribution in [3.63, 3.8) is 0 Å². The molecule has 1 aliphatic heterocycles. The molecule has 1 unspecified atom stereocenters. The Kier molecular flexibility index (Phi) is 4.26. The Hall–Kier alpha value is -0.530. The molecule has 0 saturated carbocycles. The van der Waals surface area contributed by atoms with E-state index in [1.54, 1.807) is 0 Å². The molecule has 2 heteroatoms. The fourth-order valence-electron chi connectivity index (χ4n) is 1.98. The zero-order valence-corrected chi connectivity index (χ0v) is 8.88. The first-order valence-electron chi connectivity index (χ1n) is 5.51. The molecule has 1 heterocycles. The molecule has 1 rings (SSSR count). The van der Waals surface area contributed by atoms with Crippen LogP contribution >= 0.6 is 0 Å². The third-order valence-electron chi connectivity index (χ3n) is 2.72. The number of carbonyl (C=O) groups is 1. The molecule has 0 radical (unpaired) electrons. The first-order valence-corrected chi connectivity index (χ1v) is 5.51. The highest BCUT2D eigenvalue weighted by Crippen LogP contribution is 2.16. The Balaban J connectivity index is 2.48. The second-order valence-electron chi connectivity index (χ2n) is 4.19. The van der Waals surface area contributed by atoms with Gasteiger partial charge in [0.15, 0.2) is 0 Å². The minimum Gasteiger partial charge on any atom is -0.342 e. The van der Waals surface area contributed by atoms with Crippen LogP contribution in [0, 0.1) is 5.92 Å². The van der Waals surface area contributed by atoms with Gasteiger partial charge >= 0.3 is 0 Å². The third-order valence-corrected chi connectivity index (χ3v) is 2.72. The first-order chi connectivity index (χ1) is 6.24. The van der Waals surface area contributed by atoms with Crippen LogP contribution in [0.4, 0.5) is 0 Å². The standard InChI is InChI=1S/C11H21NO/c1-3-8-12-9-10(2)6-4-5-7-11(12)13/h10H,3-9H2,1-2H3. The molecular weight excluding hydrogens is 162 g/mol. The molecule has 0 aromatic carbocycles. The summed E-state index contributed by atoms with van der Waals surface area (Å²) in [6.07, 6.45) is 5.45. The highest BCUT2D eigenvalue weighted by molar-refractivity contribution is 5.76. The molecule has 2 nitrogen and oxygen atoms in total. The molecule has 1 atom stereocenters. The molecule has 1 aliphatic rings. The van der Waals surface area contributed by atoms with Crippen molar-refractivity contribution in [3.8, 4) is 0 Å². The van der Waals surface area contributed by atoms with E-state index in [2.05, 4.69) is 13.8 Å². The minimum absolute atomic E-state index is 0.369. The molecular formula is C11H21NO. The highest BCUT2D eigenvalue weighted by Gasteiger charge is 2.17. The summed E-state index contributed by atoms with van der Waals surface area (Å²) < 4.78 is 0. The van der Waals surface area contributed by atoms with Gasteiger partial charge in [-0.25, -0.2) is 0 Å². The zero-order chi connectivity index (χ0) is 9.68. The number of hydrogen-bond acceptors (Lipinski definition) is 1. The van der Waals surface area contributed by atoms with Gasteiger partial charge in [0.1, 0.15) is 0 Å². The van der Waals surface area contributed by atoms with Crippen LogP contribution in [0.15, 0.2) is 0 Å². The largest absolute Gasteiger partial charge is 0.342 e. The first kappa shape index (κ1) is 10.6. The van der Waals surface area contributed by atoms with Crippen molar-refractivity contribution in [1.29, 1.82) is 0 Å². The van der Waals surface area contributed by atoms with Crippen LogP contribution in [0.25, 0.3) is 0 Å². The molecule has 0 spiro atoms. The number of nitrogens with zero attached hydrogens (tertiary/aromatic N) is 1. The summed E-state index contributed by atoms with van der Waals surface area (Å²) in [7, 11) is 0. The molecule has 13 heavy (non-hydrogen) atoms. The smallest absolute Gasteiger partial charge is 0.222 e. The van der Waals surface area contributed by atoms with Crippen molar-refractivity contribution in [2.75, 3.05) is 13.1 Å². The summed E-state index contributed by atoms with van der Waals surface area (Å²) in [5.74, 6) is 1.06. The van der Waals surface area contributed by atoms with Crippen LogP contribution < -0.4 is 0 Å². The van der Waals surface area contributed by atoms with Gasteiger partial charge in [0.25, 0.3) is 0 Å². The molecule has 0 aromatic heterocycles. The summed E-state index contributed by atoms with van der Waals surface area (Å²) in [4.78, 5) is 13.7. The molecule has 1 fully saturated rings. The Morgan fingerprint density at radius 1 is 1.46 bits per heavy atom. The molecule has 0 aliphatic carbocycles. The Morgan fingerprint density at radius 2 is 2.23 bits per heavy atom. The van der Waals surface area contributed by atoms with Gasteiger partial charge in [-0.15, -0.1) is 0 Å². The van der Waals surface area contributed by atoms with E-state index in [0.29, 0.717) is 11.8 Å². The SMILES string of the molecule is CCCN1CC(C)CCCCC1=O. The second-order valence-corrected chi connectivity index (χ2v) is 4.19. The maximum Gasteiger partial charge on any atom is 0.222 e. The average molecular weight is 183 g/mol. The van der Waals surface area contributed by atoms with Crippen LogP contribution in [0.2, 0.25) is 0 Å². The molecule has 76 valence electrons. The summed E-state index contributed by atoms with van der Waals surface area (Å²) in [5, 5.41) is 0. The van der Waals surface area contributed by atoms with Crippen molar-refractivity contribution in [3.05, 3.63) is 0 Å². The maximum atomic E-state index is 11.6. The van der Waals surface area contributed by atoms with Gasteiger partial charge in [0.2, 0.25) is 5.91 Å².